The van der Waals surface area contributed by atoms with E-state index in [0.717, 1.165) is 0 Å². The van der Waals surface area contributed by atoms with Crippen LogP contribution in [0.15, 0.2) is 30.6 Å². The highest BCUT2D eigenvalue weighted by atomic mass is 16.5. The molecule has 0 aliphatic heterocycles. The fraction of sp³-hybridized carbons (Fsp3) is 0.250. The highest BCUT2D eigenvalue weighted by Gasteiger charge is 2.24. The highest BCUT2D eigenvalue weighted by Crippen LogP contribution is 2.33. The van der Waals surface area contributed by atoms with E-state index in [2.05, 4.69) is 21.1 Å². The van der Waals surface area contributed by atoms with Gasteiger partial charge in [0.15, 0.2) is 5.65 Å². The van der Waals surface area contributed by atoms with E-state index in [1.807, 2.05) is 20.8 Å². The van der Waals surface area contributed by atoms with Crippen LogP contribution in [0.2, 0.25) is 0 Å². The summed E-state index contributed by atoms with van der Waals surface area (Å²) in [5.41, 5.74) is 6.80. The molecule has 0 aliphatic carbocycles. The number of rotatable bonds is 2. The van der Waals surface area contributed by atoms with Crippen molar-refractivity contribution in [2.45, 2.75) is 26.3 Å². The molecular formula is C16H16N6O. The molecule has 0 spiro atoms. The van der Waals surface area contributed by atoms with Crippen molar-refractivity contribution in [3.63, 3.8) is 0 Å². The molecule has 0 radical (unpaired) electrons. The number of benzene rings is 1. The molecule has 1 aromatic carbocycles. The lowest BCUT2D eigenvalue weighted by Crippen LogP contribution is -2.23. The Morgan fingerprint density at radius 2 is 2.04 bits per heavy atom. The smallest absolute Gasteiger partial charge is 0.251 e. The predicted octanol–water partition coefficient (Wildman–Crippen LogP) is 2.83. The van der Waals surface area contributed by atoms with Gasteiger partial charge in [-0.2, -0.15) is 5.26 Å². The first kappa shape index (κ1) is 14.8. The molecule has 116 valence electrons. The zero-order valence-electron chi connectivity index (χ0n) is 13.1. The van der Waals surface area contributed by atoms with E-state index in [1.54, 1.807) is 28.9 Å². The summed E-state index contributed by atoms with van der Waals surface area (Å²) in [5.74, 6) is 1.13. The van der Waals surface area contributed by atoms with Crippen molar-refractivity contribution >= 4 is 16.9 Å². The molecule has 0 saturated carbocycles. The quantitative estimate of drug-likeness (QED) is 0.780. The second kappa shape index (κ2) is 5.25. The Hall–Kier alpha value is -3.14. The zero-order valence-corrected chi connectivity index (χ0v) is 13.1. The minimum absolute atomic E-state index is 0.296. The second-order valence-electron chi connectivity index (χ2n) is 6.09. The summed E-state index contributed by atoms with van der Waals surface area (Å²) < 4.78 is 7.60. The Labute approximate surface area is 133 Å². The molecule has 2 N–H and O–H groups in total. The van der Waals surface area contributed by atoms with Crippen molar-refractivity contribution in [3.05, 3.63) is 36.2 Å². The molecule has 0 saturated heterocycles. The lowest BCUT2D eigenvalue weighted by atomic mass is 10.1. The van der Waals surface area contributed by atoms with Crippen LogP contribution in [0.25, 0.3) is 11.0 Å². The molecule has 7 nitrogen and oxygen atoms in total. The second-order valence-corrected chi connectivity index (χ2v) is 6.09. The van der Waals surface area contributed by atoms with E-state index in [4.69, 9.17) is 15.7 Å². The Morgan fingerprint density at radius 3 is 2.74 bits per heavy atom. The summed E-state index contributed by atoms with van der Waals surface area (Å²) >= 11 is 0. The summed E-state index contributed by atoms with van der Waals surface area (Å²) in [7, 11) is 0. The minimum atomic E-state index is -0.296. The van der Waals surface area contributed by atoms with Gasteiger partial charge in [-0.1, -0.05) is 6.07 Å². The number of nitrogens with two attached hydrogens (primary N) is 1. The van der Waals surface area contributed by atoms with Crippen LogP contribution < -0.4 is 10.5 Å². The largest absolute Gasteiger partial charge is 0.437 e. The van der Waals surface area contributed by atoms with Gasteiger partial charge in [0.05, 0.1) is 17.2 Å². The third-order valence-corrected chi connectivity index (χ3v) is 3.27. The van der Waals surface area contributed by atoms with Crippen molar-refractivity contribution in [1.29, 1.82) is 5.26 Å². The van der Waals surface area contributed by atoms with Gasteiger partial charge < -0.3 is 10.5 Å². The van der Waals surface area contributed by atoms with E-state index < -0.39 is 0 Å². The van der Waals surface area contributed by atoms with Crippen LogP contribution in [-0.2, 0) is 5.54 Å². The number of ether oxygens (including phenoxy) is 1. The van der Waals surface area contributed by atoms with Gasteiger partial charge >= 0.3 is 0 Å². The minimum Gasteiger partial charge on any atom is -0.437 e. The van der Waals surface area contributed by atoms with Crippen LogP contribution in [0.3, 0.4) is 0 Å². The monoisotopic (exact) mass is 308 g/mol. The van der Waals surface area contributed by atoms with Crippen molar-refractivity contribution in [2.24, 2.45) is 0 Å². The topological polar surface area (TPSA) is 103 Å². The van der Waals surface area contributed by atoms with Crippen LogP contribution >= 0.6 is 0 Å². The van der Waals surface area contributed by atoms with Gasteiger partial charge in [-0.3, -0.25) is 0 Å². The Balaban J connectivity index is 2.16. The molecule has 0 amide bonds. The molecule has 0 aliphatic rings. The summed E-state index contributed by atoms with van der Waals surface area (Å²) in [6, 6.07) is 8.92. The Bertz CT molecular complexity index is 916. The molecule has 3 aromatic rings. The van der Waals surface area contributed by atoms with E-state index in [-0.39, 0.29) is 5.54 Å². The molecule has 0 unspecified atom stereocenters. The van der Waals surface area contributed by atoms with Crippen molar-refractivity contribution in [2.75, 3.05) is 5.73 Å². The van der Waals surface area contributed by atoms with E-state index in [9.17, 15) is 0 Å². The third kappa shape index (κ3) is 2.66. The Morgan fingerprint density at radius 1 is 1.26 bits per heavy atom. The molecular weight excluding hydrogens is 292 g/mol. The first-order valence-electron chi connectivity index (χ1n) is 7.08. The van der Waals surface area contributed by atoms with E-state index in [1.165, 1.54) is 6.33 Å². The van der Waals surface area contributed by atoms with Gasteiger partial charge in [-0.25, -0.2) is 14.6 Å². The third-order valence-electron chi connectivity index (χ3n) is 3.27. The first-order valence-corrected chi connectivity index (χ1v) is 7.08. The average molecular weight is 308 g/mol. The number of fused-ring (bicyclic) bond motifs is 1. The fourth-order valence-corrected chi connectivity index (χ4v) is 2.22. The van der Waals surface area contributed by atoms with Gasteiger partial charge in [-0.05, 0) is 39.0 Å². The molecule has 7 heteroatoms. The lowest BCUT2D eigenvalue weighted by Gasteiger charge is -2.19. The molecule has 23 heavy (non-hydrogen) atoms. The van der Waals surface area contributed by atoms with Crippen molar-refractivity contribution < 1.29 is 4.74 Å². The van der Waals surface area contributed by atoms with Gasteiger partial charge in [0, 0.05) is 0 Å². The molecule has 0 atom stereocenters. The Kier molecular flexibility index (Phi) is 3.37. The number of nitrogen functional groups attached to an aromatic ring is 1. The summed E-state index contributed by atoms with van der Waals surface area (Å²) in [4.78, 5) is 8.30. The lowest BCUT2D eigenvalue weighted by molar-refractivity contribution is 0.349. The van der Waals surface area contributed by atoms with Gasteiger partial charge in [0.25, 0.3) is 5.88 Å². The number of nitriles is 1. The summed E-state index contributed by atoms with van der Waals surface area (Å²) in [5, 5.41) is 14.1. The zero-order chi connectivity index (χ0) is 16.6. The maximum absolute atomic E-state index is 8.99. The van der Waals surface area contributed by atoms with E-state index in [0.29, 0.717) is 34.0 Å². The van der Waals surface area contributed by atoms with Gasteiger partial charge in [0.2, 0.25) is 0 Å². The number of nitrogens with zero attached hydrogens (tertiary/aromatic N) is 5. The van der Waals surface area contributed by atoms with Crippen LogP contribution in [-0.4, -0.2) is 19.7 Å². The summed E-state index contributed by atoms with van der Waals surface area (Å²) in [6.45, 7) is 6.04. The van der Waals surface area contributed by atoms with Crippen LogP contribution in [0.4, 0.5) is 5.82 Å². The normalized spacial score (nSPS) is 11.4. The number of hydrogen-bond acceptors (Lipinski definition) is 6. The van der Waals surface area contributed by atoms with Crippen molar-refractivity contribution in [1.82, 2.24) is 19.7 Å². The molecule has 0 bridgehead atoms. The van der Waals surface area contributed by atoms with Crippen molar-refractivity contribution in [3.8, 4) is 17.7 Å². The SMILES string of the molecule is CC(C)(C)n1nc(Oc2cccc(C#N)c2)c2c(N)ncnc21. The first-order chi connectivity index (χ1) is 10.9. The fourth-order valence-electron chi connectivity index (χ4n) is 2.22. The highest BCUT2D eigenvalue weighted by molar-refractivity contribution is 5.91. The van der Waals surface area contributed by atoms with E-state index >= 15 is 0 Å². The standard InChI is InChI=1S/C16H16N6O/c1-16(2,3)22-14-12(13(18)19-9-20-14)15(21-22)23-11-6-4-5-10(7-11)8-17/h4-7,9H,1-3H3,(H2,18,19,20). The number of aromatic nitrogens is 4. The van der Waals surface area contributed by atoms with Gasteiger partial charge in [-0.15, -0.1) is 5.10 Å². The molecule has 2 aromatic heterocycles. The molecule has 2 heterocycles. The predicted molar refractivity (Wildman–Crippen MR) is 86.0 cm³/mol. The average Bonchev–Trinajstić information content (AvgIpc) is 2.88. The summed E-state index contributed by atoms with van der Waals surface area (Å²) in [6.07, 6.45) is 1.40. The maximum Gasteiger partial charge on any atom is 0.251 e. The van der Waals surface area contributed by atoms with Gasteiger partial charge in [0.1, 0.15) is 23.3 Å². The molecule has 3 rings (SSSR count). The number of anilines is 1. The van der Waals surface area contributed by atoms with Crippen LogP contribution in [0.5, 0.6) is 11.6 Å². The van der Waals surface area contributed by atoms with Crippen LogP contribution in [0.1, 0.15) is 26.3 Å². The van der Waals surface area contributed by atoms with Crippen LogP contribution in [0, 0.1) is 11.3 Å². The molecule has 0 fully saturated rings. The number of hydrogen-bond donors (Lipinski definition) is 1. The maximum atomic E-state index is 8.99.